The first kappa shape index (κ1) is 13.4. The van der Waals surface area contributed by atoms with Gasteiger partial charge in [0, 0.05) is 12.5 Å². The Kier molecular flexibility index (Phi) is 4.02. The number of rotatable bonds is 4. The fraction of sp³-hybridized carbons (Fsp3) is 0.133. The Labute approximate surface area is 109 Å². The van der Waals surface area contributed by atoms with E-state index in [-0.39, 0.29) is 12.0 Å². The van der Waals surface area contributed by atoms with E-state index in [0.29, 0.717) is 5.56 Å². The molecule has 0 aliphatic rings. The van der Waals surface area contributed by atoms with Crippen molar-refractivity contribution in [1.82, 2.24) is 0 Å². The van der Waals surface area contributed by atoms with Crippen LogP contribution in [0.4, 0.5) is 8.78 Å². The molecule has 2 aromatic carbocycles. The van der Waals surface area contributed by atoms with E-state index in [9.17, 15) is 18.7 Å². The first-order valence-electron chi connectivity index (χ1n) is 5.77. The lowest BCUT2D eigenvalue weighted by atomic mass is 10.00. The highest BCUT2D eigenvalue weighted by Crippen LogP contribution is 2.17. The molecule has 0 spiro atoms. The van der Waals surface area contributed by atoms with Crippen LogP contribution in [0.15, 0.2) is 48.5 Å². The molecule has 0 radical (unpaired) electrons. The van der Waals surface area contributed by atoms with E-state index in [4.69, 9.17) is 0 Å². The van der Waals surface area contributed by atoms with Crippen molar-refractivity contribution >= 4 is 5.78 Å². The van der Waals surface area contributed by atoms with E-state index in [1.54, 1.807) is 30.3 Å². The second-order valence-corrected chi connectivity index (χ2v) is 4.23. The molecule has 0 fully saturated rings. The van der Waals surface area contributed by atoms with Gasteiger partial charge in [0.2, 0.25) is 0 Å². The highest BCUT2D eigenvalue weighted by atomic mass is 19.1. The van der Waals surface area contributed by atoms with Crippen LogP contribution in [0.2, 0.25) is 0 Å². The predicted molar refractivity (Wildman–Crippen MR) is 66.5 cm³/mol. The van der Waals surface area contributed by atoms with E-state index in [2.05, 4.69) is 0 Å². The van der Waals surface area contributed by atoms with Crippen LogP contribution in [-0.4, -0.2) is 10.9 Å². The fourth-order valence-corrected chi connectivity index (χ4v) is 1.83. The summed E-state index contributed by atoms with van der Waals surface area (Å²) in [7, 11) is 0. The highest BCUT2D eigenvalue weighted by molar-refractivity contribution is 5.86. The number of halogens is 2. The van der Waals surface area contributed by atoms with Gasteiger partial charge in [-0.05, 0) is 23.3 Å². The largest absolute Gasteiger partial charge is 0.381 e. The van der Waals surface area contributed by atoms with Gasteiger partial charge in [0.25, 0.3) is 0 Å². The zero-order chi connectivity index (χ0) is 13.8. The molecule has 0 saturated carbocycles. The summed E-state index contributed by atoms with van der Waals surface area (Å²) >= 11 is 0. The van der Waals surface area contributed by atoms with Crippen molar-refractivity contribution in [2.24, 2.45) is 0 Å². The number of hydrogen-bond acceptors (Lipinski definition) is 2. The summed E-state index contributed by atoms with van der Waals surface area (Å²) in [5, 5.41) is 9.85. The van der Waals surface area contributed by atoms with Gasteiger partial charge < -0.3 is 5.11 Å². The molecule has 1 unspecified atom stereocenters. The van der Waals surface area contributed by atoms with Crippen LogP contribution in [0, 0.1) is 11.6 Å². The number of aliphatic hydroxyl groups excluding tert-OH is 1. The van der Waals surface area contributed by atoms with Gasteiger partial charge in [-0.3, -0.25) is 4.79 Å². The number of ketones is 1. The average molecular weight is 262 g/mol. The third kappa shape index (κ3) is 3.45. The molecule has 2 rings (SSSR count). The zero-order valence-electron chi connectivity index (χ0n) is 10.0. The molecule has 1 N–H and O–H groups in total. The van der Waals surface area contributed by atoms with Crippen LogP contribution >= 0.6 is 0 Å². The maximum atomic E-state index is 13.0. The molecular weight excluding hydrogens is 250 g/mol. The zero-order valence-corrected chi connectivity index (χ0v) is 10.0. The van der Waals surface area contributed by atoms with E-state index in [0.717, 1.165) is 18.2 Å². The minimum absolute atomic E-state index is 0.206. The molecule has 19 heavy (non-hydrogen) atoms. The summed E-state index contributed by atoms with van der Waals surface area (Å²) in [4.78, 5) is 11.8. The summed E-state index contributed by atoms with van der Waals surface area (Å²) < 4.78 is 26.0. The highest BCUT2D eigenvalue weighted by Gasteiger charge is 2.17. The smallest absolute Gasteiger partial charge is 0.170 e. The van der Waals surface area contributed by atoms with Crippen LogP contribution < -0.4 is 0 Å². The molecule has 0 saturated heterocycles. The molecular formula is C15H12F2O2. The van der Waals surface area contributed by atoms with Crippen LogP contribution in [0.25, 0.3) is 0 Å². The minimum Gasteiger partial charge on any atom is -0.381 e. The van der Waals surface area contributed by atoms with E-state index >= 15 is 0 Å². The molecule has 2 aromatic rings. The summed E-state index contributed by atoms with van der Waals surface area (Å²) in [6.07, 6.45) is -1.50. The third-order valence-corrected chi connectivity index (χ3v) is 2.72. The maximum Gasteiger partial charge on any atom is 0.170 e. The van der Waals surface area contributed by atoms with Crippen molar-refractivity contribution in [2.45, 2.75) is 12.5 Å². The Morgan fingerprint density at radius 3 is 2.21 bits per heavy atom. The predicted octanol–water partition coefficient (Wildman–Crippen LogP) is 2.81. The van der Waals surface area contributed by atoms with Gasteiger partial charge >= 0.3 is 0 Å². The van der Waals surface area contributed by atoms with E-state index in [1.165, 1.54) is 0 Å². The van der Waals surface area contributed by atoms with Gasteiger partial charge in [0.15, 0.2) is 5.78 Å². The van der Waals surface area contributed by atoms with Crippen LogP contribution in [0.5, 0.6) is 0 Å². The van der Waals surface area contributed by atoms with Gasteiger partial charge in [-0.2, -0.15) is 0 Å². The van der Waals surface area contributed by atoms with Crippen molar-refractivity contribution in [2.75, 3.05) is 0 Å². The Hall–Kier alpha value is -2.07. The number of aliphatic hydroxyl groups is 1. The lowest BCUT2D eigenvalue weighted by Gasteiger charge is -2.10. The standard InChI is InChI=1S/C15H12F2O2/c16-12-6-10(7-13(17)9-12)8-14(18)15(19)11-4-2-1-3-5-11/h1-7,9,15,19H,8H2. The normalized spacial score (nSPS) is 12.2. The Morgan fingerprint density at radius 2 is 1.63 bits per heavy atom. The first-order valence-corrected chi connectivity index (χ1v) is 5.77. The van der Waals surface area contributed by atoms with Crippen molar-refractivity contribution in [3.63, 3.8) is 0 Å². The van der Waals surface area contributed by atoms with Crippen LogP contribution in [0.1, 0.15) is 17.2 Å². The number of benzene rings is 2. The maximum absolute atomic E-state index is 13.0. The van der Waals surface area contributed by atoms with Crippen molar-refractivity contribution in [3.8, 4) is 0 Å². The molecule has 0 aliphatic carbocycles. The lowest BCUT2D eigenvalue weighted by Crippen LogP contribution is -2.14. The van der Waals surface area contributed by atoms with Crippen molar-refractivity contribution in [1.29, 1.82) is 0 Å². The topological polar surface area (TPSA) is 37.3 Å². The number of carbonyl (C=O) groups excluding carboxylic acids is 1. The first-order chi connectivity index (χ1) is 9.06. The SMILES string of the molecule is O=C(Cc1cc(F)cc(F)c1)C(O)c1ccccc1. The van der Waals surface area contributed by atoms with Gasteiger partial charge in [-0.25, -0.2) is 8.78 Å². The molecule has 0 heterocycles. The lowest BCUT2D eigenvalue weighted by molar-refractivity contribution is -0.126. The van der Waals surface area contributed by atoms with E-state index < -0.39 is 23.5 Å². The van der Waals surface area contributed by atoms with Crippen LogP contribution in [-0.2, 0) is 11.2 Å². The van der Waals surface area contributed by atoms with Gasteiger partial charge in [-0.1, -0.05) is 30.3 Å². The van der Waals surface area contributed by atoms with Crippen molar-refractivity contribution in [3.05, 3.63) is 71.3 Å². The molecule has 0 bridgehead atoms. The second kappa shape index (κ2) is 5.71. The van der Waals surface area contributed by atoms with Gasteiger partial charge in [0.05, 0.1) is 0 Å². The van der Waals surface area contributed by atoms with E-state index in [1.807, 2.05) is 0 Å². The number of Topliss-reactive ketones (excluding diaryl/α,β-unsaturated/α-hetero) is 1. The third-order valence-electron chi connectivity index (χ3n) is 2.72. The average Bonchev–Trinajstić information content (AvgIpc) is 2.37. The van der Waals surface area contributed by atoms with Crippen LogP contribution in [0.3, 0.4) is 0 Å². The Morgan fingerprint density at radius 1 is 1.05 bits per heavy atom. The summed E-state index contributed by atoms with van der Waals surface area (Å²) in [6.45, 7) is 0. The van der Waals surface area contributed by atoms with Gasteiger partial charge in [0.1, 0.15) is 17.7 Å². The fourth-order valence-electron chi connectivity index (χ4n) is 1.83. The molecule has 2 nitrogen and oxygen atoms in total. The molecule has 98 valence electrons. The molecule has 0 aromatic heterocycles. The molecule has 4 heteroatoms. The Balaban J connectivity index is 2.13. The summed E-state index contributed by atoms with van der Waals surface area (Å²) in [5.74, 6) is -1.98. The number of carbonyl (C=O) groups is 1. The van der Waals surface area contributed by atoms with Crippen molar-refractivity contribution < 1.29 is 18.7 Å². The quantitative estimate of drug-likeness (QED) is 0.920. The molecule has 0 aliphatic heterocycles. The summed E-state index contributed by atoms with van der Waals surface area (Å²) in [6, 6.07) is 11.3. The van der Waals surface area contributed by atoms with Gasteiger partial charge in [-0.15, -0.1) is 0 Å². The number of hydrogen-bond donors (Lipinski definition) is 1. The summed E-state index contributed by atoms with van der Waals surface area (Å²) in [5.41, 5.74) is 0.668. The second-order valence-electron chi connectivity index (χ2n) is 4.23. The molecule has 1 atom stereocenters. The molecule has 0 amide bonds. The monoisotopic (exact) mass is 262 g/mol. The minimum atomic E-state index is -1.28. The Bertz CT molecular complexity index is 562.